The highest BCUT2D eigenvalue weighted by Crippen LogP contribution is 2.32. The Morgan fingerprint density at radius 1 is 1.21 bits per heavy atom. The topological polar surface area (TPSA) is 33.1 Å². The number of aliphatic hydroxyl groups excluding tert-OH is 1. The Labute approximate surface area is 110 Å². The molecule has 1 aliphatic rings. The SMILES string of the molecule is OC(CC1CCCCC1)c1ccc(C(F)(F)F)cn1. The summed E-state index contributed by atoms with van der Waals surface area (Å²) in [6, 6.07) is 2.25. The van der Waals surface area contributed by atoms with Crippen LogP contribution in [-0.4, -0.2) is 10.1 Å². The molecule has 0 aliphatic heterocycles. The zero-order chi connectivity index (χ0) is 13.9. The van der Waals surface area contributed by atoms with Gasteiger partial charge in [-0.3, -0.25) is 4.98 Å². The van der Waals surface area contributed by atoms with E-state index in [4.69, 9.17) is 0 Å². The van der Waals surface area contributed by atoms with Crippen LogP contribution >= 0.6 is 0 Å². The van der Waals surface area contributed by atoms with Crippen molar-refractivity contribution in [2.75, 3.05) is 0 Å². The molecule has 1 atom stereocenters. The van der Waals surface area contributed by atoms with Gasteiger partial charge >= 0.3 is 6.18 Å². The maximum Gasteiger partial charge on any atom is 0.417 e. The molecular weight excluding hydrogens is 255 g/mol. The minimum atomic E-state index is -4.38. The van der Waals surface area contributed by atoms with E-state index in [1.165, 1.54) is 25.3 Å². The minimum absolute atomic E-state index is 0.332. The number of aliphatic hydroxyl groups is 1. The molecule has 0 aromatic carbocycles. The standard InChI is InChI=1S/C14H18F3NO/c15-14(16,17)11-6-7-12(18-9-11)13(19)8-10-4-2-1-3-5-10/h6-7,9-10,13,19H,1-5,8H2. The van der Waals surface area contributed by atoms with Gasteiger partial charge in [0.1, 0.15) is 0 Å². The highest BCUT2D eigenvalue weighted by Gasteiger charge is 2.31. The first-order valence-corrected chi connectivity index (χ1v) is 6.68. The number of alkyl halides is 3. The van der Waals surface area contributed by atoms with Crippen LogP contribution in [0.25, 0.3) is 0 Å². The summed E-state index contributed by atoms with van der Waals surface area (Å²) >= 11 is 0. The Morgan fingerprint density at radius 2 is 1.89 bits per heavy atom. The number of rotatable bonds is 3. The van der Waals surface area contributed by atoms with Crippen LogP contribution in [0.2, 0.25) is 0 Å². The third kappa shape index (κ3) is 3.93. The predicted octanol–water partition coefficient (Wildman–Crippen LogP) is 4.10. The van der Waals surface area contributed by atoms with Gasteiger partial charge in [0, 0.05) is 6.20 Å². The molecule has 1 aromatic rings. The van der Waals surface area contributed by atoms with Crippen molar-refractivity contribution in [2.24, 2.45) is 5.92 Å². The smallest absolute Gasteiger partial charge is 0.387 e. The zero-order valence-corrected chi connectivity index (χ0v) is 10.7. The lowest BCUT2D eigenvalue weighted by molar-refractivity contribution is -0.137. The molecule has 1 unspecified atom stereocenters. The van der Waals surface area contributed by atoms with Crippen LogP contribution in [0.3, 0.4) is 0 Å². The van der Waals surface area contributed by atoms with E-state index in [-0.39, 0.29) is 0 Å². The molecule has 1 N–H and O–H groups in total. The van der Waals surface area contributed by atoms with Gasteiger partial charge in [-0.25, -0.2) is 0 Å². The van der Waals surface area contributed by atoms with E-state index < -0.39 is 17.8 Å². The summed E-state index contributed by atoms with van der Waals surface area (Å²) in [5, 5.41) is 10.0. The maximum absolute atomic E-state index is 12.4. The fourth-order valence-corrected chi connectivity index (χ4v) is 2.63. The van der Waals surface area contributed by atoms with E-state index >= 15 is 0 Å². The lowest BCUT2D eigenvalue weighted by Gasteiger charge is -2.23. The first kappa shape index (κ1) is 14.3. The highest BCUT2D eigenvalue weighted by molar-refractivity contribution is 5.18. The summed E-state index contributed by atoms with van der Waals surface area (Å²) in [4.78, 5) is 3.74. The van der Waals surface area contributed by atoms with E-state index in [1.807, 2.05) is 0 Å². The fraction of sp³-hybridized carbons (Fsp3) is 0.643. The average molecular weight is 273 g/mol. The summed E-state index contributed by atoms with van der Waals surface area (Å²) in [6.45, 7) is 0. The minimum Gasteiger partial charge on any atom is -0.387 e. The van der Waals surface area contributed by atoms with Crippen LogP contribution in [0.15, 0.2) is 18.3 Å². The van der Waals surface area contributed by atoms with Crippen molar-refractivity contribution in [2.45, 2.75) is 50.8 Å². The summed E-state index contributed by atoms with van der Waals surface area (Å²) < 4.78 is 37.2. The molecule has 2 nitrogen and oxygen atoms in total. The molecule has 19 heavy (non-hydrogen) atoms. The highest BCUT2D eigenvalue weighted by atomic mass is 19.4. The molecule has 0 radical (unpaired) electrons. The lowest BCUT2D eigenvalue weighted by atomic mass is 9.85. The maximum atomic E-state index is 12.4. The Bertz CT molecular complexity index is 396. The van der Waals surface area contributed by atoms with E-state index in [0.717, 1.165) is 25.1 Å². The number of pyridine rings is 1. The van der Waals surface area contributed by atoms with Crippen molar-refractivity contribution < 1.29 is 18.3 Å². The van der Waals surface area contributed by atoms with Gasteiger partial charge in [0.05, 0.1) is 17.4 Å². The molecule has 0 amide bonds. The van der Waals surface area contributed by atoms with E-state index in [9.17, 15) is 18.3 Å². The Kier molecular flexibility index (Phi) is 4.45. The van der Waals surface area contributed by atoms with Crippen molar-refractivity contribution in [3.63, 3.8) is 0 Å². The lowest BCUT2D eigenvalue weighted by Crippen LogP contribution is -2.13. The molecule has 0 spiro atoms. The first-order chi connectivity index (χ1) is 8.97. The molecule has 0 saturated heterocycles. The molecule has 2 rings (SSSR count). The number of hydrogen-bond donors (Lipinski definition) is 1. The van der Waals surface area contributed by atoms with Gasteiger partial charge in [0.15, 0.2) is 0 Å². The van der Waals surface area contributed by atoms with Gasteiger partial charge in [0.2, 0.25) is 0 Å². The quantitative estimate of drug-likeness (QED) is 0.899. The third-order valence-electron chi connectivity index (χ3n) is 3.74. The predicted molar refractivity (Wildman–Crippen MR) is 65.4 cm³/mol. The van der Waals surface area contributed by atoms with Crippen LogP contribution in [0.5, 0.6) is 0 Å². The van der Waals surface area contributed by atoms with Gasteiger partial charge in [-0.15, -0.1) is 0 Å². The fourth-order valence-electron chi connectivity index (χ4n) is 2.63. The van der Waals surface area contributed by atoms with Crippen LogP contribution in [0.4, 0.5) is 13.2 Å². The molecule has 1 aliphatic carbocycles. The first-order valence-electron chi connectivity index (χ1n) is 6.68. The van der Waals surface area contributed by atoms with Crippen LogP contribution < -0.4 is 0 Å². The average Bonchev–Trinajstić information content (AvgIpc) is 2.39. The van der Waals surface area contributed by atoms with Crippen LogP contribution in [0, 0.1) is 5.92 Å². The van der Waals surface area contributed by atoms with Gasteiger partial charge < -0.3 is 5.11 Å². The molecule has 1 fully saturated rings. The van der Waals surface area contributed by atoms with Crippen molar-refractivity contribution in [1.82, 2.24) is 4.98 Å². The molecule has 1 aromatic heterocycles. The Balaban J connectivity index is 1.97. The molecular formula is C14H18F3NO. The van der Waals surface area contributed by atoms with Crippen molar-refractivity contribution in [3.8, 4) is 0 Å². The second kappa shape index (κ2) is 5.90. The van der Waals surface area contributed by atoms with E-state index in [0.29, 0.717) is 18.0 Å². The Hall–Kier alpha value is -1.10. The number of hydrogen-bond acceptors (Lipinski definition) is 2. The van der Waals surface area contributed by atoms with Crippen molar-refractivity contribution in [1.29, 1.82) is 0 Å². The van der Waals surface area contributed by atoms with Crippen LogP contribution in [0.1, 0.15) is 55.9 Å². The van der Waals surface area contributed by atoms with Gasteiger partial charge in [-0.1, -0.05) is 32.1 Å². The third-order valence-corrected chi connectivity index (χ3v) is 3.74. The molecule has 1 saturated carbocycles. The molecule has 0 bridgehead atoms. The summed E-state index contributed by atoms with van der Waals surface area (Å²) in [5.41, 5.74) is -0.445. The monoisotopic (exact) mass is 273 g/mol. The number of aromatic nitrogens is 1. The summed E-state index contributed by atoms with van der Waals surface area (Å²) in [5.74, 6) is 0.466. The number of halogens is 3. The van der Waals surface area contributed by atoms with Gasteiger partial charge in [0.25, 0.3) is 0 Å². The molecule has 106 valence electrons. The zero-order valence-electron chi connectivity index (χ0n) is 10.7. The van der Waals surface area contributed by atoms with Gasteiger partial charge in [-0.2, -0.15) is 13.2 Å². The normalized spacial score (nSPS) is 19.4. The van der Waals surface area contributed by atoms with Crippen molar-refractivity contribution >= 4 is 0 Å². The van der Waals surface area contributed by atoms with Gasteiger partial charge in [-0.05, 0) is 24.5 Å². The van der Waals surface area contributed by atoms with Crippen LogP contribution in [-0.2, 0) is 6.18 Å². The van der Waals surface area contributed by atoms with Crippen molar-refractivity contribution in [3.05, 3.63) is 29.6 Å². The molecule has 1 heterocycles. The molecule has 5 heteroatoms. The van der Waals surface area contributed by atoms with E-state index in [1.54, 1.807) is 0 Å². The second-order valence-corrected chi connectivity index (χ2v) is 5.23. The summed E-state index contributed by atoms with van der Waals surface area (Å²) in [7, 11) is 0. The van der Waals surface area contributed by atoms with E-state index in [2.05, 4.69) is 4.98 Å². The largest absolute Gasteiger partial charge is 0.417 e. The Morgan fingerprint density at radius 3 is 2.42 bits per heavy atom. The number of nitrogens with zero attached hydrogens (tertiary/aromatic N) is 1. The summed E-state index contributed by atoms with van der Waals surface area (Å²) in [6.07, 6.45) is 2.04. The second-order valence-electron chi connectivity index (χ2n) is 5.23.